The van der Waals surface area contributed by atoms with E-state index < -0.39 is 42.8 Å². The summed E-state index contributed by atoms with van der Waals surface area (Å²) < 4.78 is 1.27. The van der Waals surface area contributed by atoms with Crippen LogP contribution in [0.5, 0.6) is 0 Å². The normalized spacial score (nSPS) is 11.7. The Balaban J connectivity index is 1.90. The number of hydrogen-bond acceptors (Lipinski definition) is 8. The smallest absolute Gasteiger partial charge is 0.326 e. The molecule has 0 saturated carbocycles. The van der Waals surface area contributed by atoms with Crippen molar-refractivity contribution in [3.05, 3.63) is 54.1 Å². The highest BCUT2D eigenvalue weighted by molar-refractivity contribution is 6.05. The summed E-state index contributed by atoms with van der Waals surface area (Å²) in [6.45, 7) is -0.459. The molecule has 3 rings (SSSR count). The van der Waals surface area contributed by atoms with E-state index in [0.717, 1.165) is 0 Å². The second-order valence-corrected chi connectivity index (χ2v) is 7.05. The van der Waals surface area contributed by atoms with Crippen LogP contribution in [0.2, 0.25) is 0 Å². The Bertz CT molecular complexity index is 1250. The second kappa shape index (κ2) is 11.2. The molecule has 182 valence electrons. The highest BCUT2D eigenvalue weighted by atomic mass is 16.6. The van der Waals surface area contributed by atoms with E-state index >= 15 is 0 Å². The van der Waals surface area contributed by atoms with Gasteiger partial charge < -0.3 is 35.2 Å². The average Bonchev–Trinajstić information content (AvgIpc) is 3.44. The molecule has 0 fully saturated rings. The van der Waals surface area contributed by atoms with Crippen molar-refractivity contribution < 1.29 is 34.2 Å². The number of carboxylic acid groups (broad SMARTS) is 2. The number of anilines is 1. The van der Waals surface area contributed by atoms with Gasteiger partial charge in [-0.05, 0) is 12.1 Å². The maximum Gasteiger partial charge on any atom is 0.326 e. The summed E-state index contributed by atoms with van der Waals surface area (Å²) >= 11 is 0. The van der Waals surface area contributed by atoms with Crippen molar-refractivity contribution >= 4 is 35.8 Å². The van der Waals surface area contributed by atoms with E-state index in [1.807, 2.05) is 0 Å². The number of rotatable bonds is 11. The number of oxime groups is 1. The predicted molar refractivity (Wildman–Crippen MR) is 121 cm³/mol. The first-order chi connectivity index (χ1) is 16.8. The highest BCUT2D eigenvalue weighted by Gasteiger charge is 2.25. The number of nitrogens with zero attached hydrogens (tertiary/aromatic N) is 4. The van der Waals surface area contributed by atoms with Gasteiger partial charge in [0.2, 0.25) is 5.91 Å². The molecule has 0 spiro atoms. The number of carbonyl (C=O) groups excluding carboxylic acids is 2. The molecule has 0 radical (unpaired) electrons. The van der Waals surface area contributed by atoms with Crippen molar-refractivity contribution in [1.82, 2.24) is 24.8 Å². The number of nitrogens with one attached hydrogen (secondary N) is 3. The third-order valence-corrected chi connectivity index (χ3v) is 4.55. The summed E-state index contributed by atoms with van der Waals surface area (Å²) in [7, 11) is 1.38. The summed E-state index contributed by atoms with van der Waals surface area (Å²) in [5, 5.41) is 26.5. The molecule has 5 N–H and O–H groups in total. The van der Waals surface area contributed by atoms with Crippen LogP contribution >= 0.6 is 0 Å². The number of hydrogen-bond donors (Lipinski definition) is 5. The monoisotopic (exact) mass is 483 g/mol. The number of H-pyrrole nitrogens is 1. The van der Waals surface area contributed by atoms with E-state index in [9.17, 15) is 19.2 Å². The van der Waals surface area contributed by atoms with E-state index in [0.29, 0.717) is 11.3 Å². The van der Waals surface area contributed by atoms with Crippen LogP contribution in [-0.2, 0) is 25.8 Å². The average molecular weight is 483 g/mol. The number of carbonyl (C=O) groups is 4. The minimum Gasteiger partial charge on any atom is -0.481 e. The molecule has 0 aliphatic rings. The van der Waals surface area contributed by atoms with Gasteiger partial charge in [0, 0.05) is 5.56 Å². The van der Waals surface area contributed by atoms with Crippen LogP contribution in [0.4, 0.5) is 5.82 Å². The zero-order valence-electron chi connectivity index (χ0n) is 18.3. The summed E-state index contributed by atoms with van der Waals surface area (Å²) in [6.07, 6.45) is 3.29. The molecule has 14 heteroatoms. The molecule has 0 bridgehead atoms. The van der Waals surface area contributed by atoms with Crippen LogP contribution in [-0.4, -0.2) is 72.9 Å². The SMILES string of the molecule is CO/N=C\c1cnc(-c2ncn(CC(=O)N[C@@H](CC(=O)O)C(=O)O)c2NC(=O)c2ccccc2)[nH]1. The fourth-order valence-electron chi connectivity index (χ4n) is 2.98. The van der Waals surface area contributed by atoms with Gasteiger partial charge in [0.15, 0.2) is 5.82 Å². The molecule has 0 saturated heterocycles. The molecule has 2 aromatic heterocycles. The first-order valence-electron chi connectivity index (χ1n) is 10.1. The standard InChI is InChI=1S/C21H21N7O7/c1-35-24-9-13-8-22-18(25-13)17-19(27-20(32)12-5-3-2-4-6-12)28(11-23-17)10-15(29)26-14(21(33)34)7-16(30)31/h2-6,8-9,11,14H,7,10H2,1H3,(H,22,25)(H,26,29)(H,27,32)(H,30,31)(H,33,34)/b24-9-/t14-/m0/s1. The summed E-state index contributed by atoms with van der Waals surface area (Å²) in [6, 6.07) is 6.68. The Morgan fingerprint density at radius 3 is 2.60 bits per heavy atom. The van der Waals surface area contributed by atoms with E-state index in [-0.39, 0.29) is 17.3 Å². The van der Waals surface area contributed by atoms with Gasteiger partial charge in [0.25, 0.3) is 5.91 Å². The maximum absolute atomic E-state index is 12.8. The van der Waals surface area contributed by atoms with E-state index in [2.05, 4.69) is 35.6 Å². The summed E-state index contributed by atoms with van der Waals surface area (Å²) in [4.78, 5) is 63.5. The van der Waals surface area contributed by atoms with E-state index in [1.54, 1.807) is 30.3 Å². The van der Waals surface area contributed by atoms with Crippen LogP contribution in [0.15, 0.2) is 48.0 Å². The Morgan fingerprint density at radius 1 is 1.20 bits per heavy atom. The second-order valence-electron chi connectivity index (χ2n) is 7.05. The van der Waals surface area contributed by atoms with Crippen molar-refractivity contribution in [3.63, 3.8) is 0 Å². The lowest BCUT2D eigenvalue weighted by atomic mass is 10.2. The highest BCUT2D eigenvalue weighted by Crippen LogP contribution is 2.25. The van der Waals surface area contributed by atoms with Crippen molar-refractivity contribution in [1.29, 1.82) is 0 Å². The van der Waals surface area contributed by atoms with Gasteiger partial charge in [-0.2, -0.15) is 0 Å². The largest absolute Gasteiger partial charge is 0.481 e. The first kappa shape index (κ1) is 24.6. The van der Waals surface area contributed by atoms with Gasteiger partial charge in [-0.25, -0.2) is 14.8 Å². The molecule has 0 unspecified atom stereocenters. The number of aromatic nitrogens is 4. The number of aromatic amines is 1. The van der Waals surface area contributed by atoms with Crippen molar-refractivity contribution in [3.8, 4) is 11.5 Å². The van der Waals surface area contributed by atoms with Crippen LogP contribution in [0.3, 0.4) is 0 Å². The summed E-state index contributed by atoms with van der Waals surface area (Å²) in [5.41, 5.74) is 1.02. The molecule has 35 heavy (non-hydrogen) atoms. The van der Waals surface area contributed by atoms with Crippen molar-refractivity contribution in [2.24, 2.45) is 5.16 Å². The number of imidazole rings is 2. The van der Waals surface area contributed by atoms with Crippen LogP contribution in [0.25, 0.3) is 11.5 Å². The quantitative estimate of drug-likeness (QED) is 0.191. The number of benzene rings is 1. The third-order valence-electron chi connectivity index (χ3n) is 4.55. The predicted octanol–water partition coefficient (Wildman–Crippen LogP) is 0.550. The lowest BCUT2D eigenvalue weighted by molar-refractivity contribution is -0.147. The zero-order valence-corrected chi connectivity index (χ0v) is 18.3. The molecule has 2 amide bonds. The Kier molecular flexibility index (Phi) is 7.90. The molecule has 14 nitrogen and oxygen atoms in total. The van der Waals surface area contributed by atoms with E-state index in [4.69, 9.17) is 10.2 Å². The first-order valence-corrected chi connectivity index (χ1v) is 10.1. The Morgan fingerprint density at radius 2 is 1.94 bits per heavy atom. The molecule has 1 aromatic carbocycles. The zero-order chi connectivity index (χ0) is 25.4. The van der Waals surface area contributed by atoms with Gasteiger partial charge in [-0.3, -0.25) is 14.4 Å². The number of carboxylic acids is 2. The lowest BCUT2D eigenvalue weighted by Gasteiger charge is -2.14. The molecule has 3 aromatic rings. The van der Waals surface area contributed by atoms with Crippen molar-refractivity contribution in [2.45, 2.75) is 19.0 Å². The minimum absolute atomic E-state index is 0.101. The number of amides is 2. The fraction of sp³-hybridized carbons (Fsp3) is 0.190. The van der Waals surface area contributed by atoms with Gasteiger partial charge in [0.05, 0.1) is 30.9 Å². The molecular weight excluding hydrogens is 462 g/mol. The topological polar surface area (TPSA) is 201 Å². The van der Waals surface area contributed by atoms with Crippen LogP contribution < -0.4 is 10.6 Å². The fourth-order valence-corrected chi connectivity index (χ4v) is 2.98. The summed E-state index contributed by atoms with van der Waals surface area (Å²) in [5.74, 6) is -3.82. The maximum atomic E-state index is 12.8. The Labute approximate surface area is 197 Å². The van der Waals surface area contributed by atoms with Gasteiger partial charge in [-0.15, -0.1) is 0 Å². The van der Waals surface area contributed by atoms with E-state index in [1.165, 1.54) is 30.4 Å². The van der Waals surface area contributed by atoms with Gasteiger partial charge in [0.1, 0.15) is 31.2 Å². The lowest BCUT2D eigenvalue weighted by Crippen LogP contribution is -2.43. The van der Waals surface area contributed by atoms with Gasteiger partial charge >= 0.3 is 11.9 Å². The molecule has 0 aliphatic carbocycles. The van der Waals surface area contributed by atoms with Gasteiger partial charge in [-0.1, -0.05) is 23.4 Å². The van der Waals surface area contributed by atoms with Crippen LogP contribution in [0, 0.1) is 0 Å². The number of aliphatic carboxylic acids is 2. The third kappa shape index (κ3) is 6.50. The van der Waals surface area contributed by atoms with Crippen LogP contribution in [0.1, 0.15) is 22.5 Å². The molecule has 1 atom stereocenters. The molecular formula is C21H21N7O7. The van der Waals surface area contributed by atoms with Crippen molar-refractivity contribution in [2.75, 3.05) is 12.4 Å². The minimum atomic E-state index is -1.63. The molecule has 0 aliphatic heterocycles. The molecule has 2 heterocycles. The Hall–Kier alpha value is -5.01.